The second-order valence-electron chi connectivity index (χ2n) is 6.87. The average molecular weight is 288 g/mol. The van der Waals surface area contributed by atoms with E-state index in [1.54, 1.807) is 11.3 Å². The molecule has 0 saturated heterocycles. The maximum absolute atomic E-state index is 10.7. The van der Waals surface area contributed by atoms with Crippen molar-refractivity contribution < 1.29 is 5.11 Å². The fraction of sp³-hybridized carbons (Fsp3) is 0.556. The largest absolute Gasteiger partial charge is 0.392 e. The van der Waals surface area contributed by atoms with E-state index in [4.69, 9.17) is 0 Å². The predicted octanol–water partition coefficient (Wildman–Crippen LogP) is 5.02. The van der Waals surface area contributed by atoms with Crippen molar-refractivity contribution >= 4 is 21.4 Å². The van der Waals surface area contributed by atoms with E-state index in [-0.39, 0.29) is 11.5 Å². The van der Waals surface area contributed by atoms with E-state index in [0.29, 0.717) is 5.92 Å². The minimum absolute atomic E-state index is 0.205. The summed E-state index contributed by atoms with van der Waals surface area (Å²) >= 11 is 1.79. The van der Waals surface area contributed by atoms with E-state index in [2.05, 4.69) is 43.5 Å². The lowest BCUT2D eigenvalue weighted by atomic mass is 9.66. The lowest BCUT2D eigenvalue weighted by molar-refractivity contribution is 0.00601. The highest BCUT2D eigenvalue weighted by molar-refractivity contribution is 7.17. The lowest BCUT2D eigenvalue weighted by Gasteiger charge is -2.41. The molecular formula is C18H24OS. The van der Waals surface area contributed by atoms with Crippen LogP contribution in [0.5, 0.6) is 0 Å². The summed E-state index contributed by atoms with van der Waals surface area (Å²) < 4.78 is 1.33. The van der Waals surface area contributed by atoms with Crippen LogP contribution in [0.25, 0.3) is 10.1 Å². The van der Waals surface area contributed by atoms with Crippen molar-refractivity contribution in [3.63, 3.8) is 0 Å². The van der Waals surface area contributed by atoms with Crippen LogP contribution in [0.1, 0.15) is 45.1 Å². The van der Waals surface area contributed by atoms with Gasteiger partial charge in [-0.25, -0.2) is 0 Å². The van der Waals surface area contributed by atoms with Crippen LogP contribution in [-0.4, -0.2) is 11.2 Å². The van der Waals surface area contributed by atoms with E-state index in [1.165, 1.54) is 41.3 Å². The topological polar surface area (TPSA) is 20.2 Å². The molecule has 1 heterocycles. The molecule has 0 bridgehead atoms. The van der Waals surface area contributed by atoms with Gasteiger partial charge in [-0.1, -0.05) is 44.9 Å². The van der Waals surface area contributed by atoms with Gasteiger partial charge in [0.05, 0.1) is 6.10 Å². The molecule has 108 valence electrons. The molecule has 1 N–H and O–H groups in total. The number of hydrogen-bond donors (Lipinski definition) is 1. The summed E-state index contributed by atoms with van der Waals surface area (Å²) in [6.45, 7) is 4.65. The normalized spacial score (nSPS) is 23.9. The maximum atomic E-state index is 10.7. The molecule has 0 radical (unpaired) electrons. The SMILES string of the molecule is CC1(C)CCCCC1C(O)Cc1csc2ccccc12. The van der Waals surface area contributed by atoms with Crippen molar-refractivity contribution in [2.45, 2.75) is 52.1 Å². The maximum Gasteiger partial charge on any atom is 0.0614 e. The van der Waals surface area contributed by atoms with Gasteiger partial charge in [0.25, 0.3) is 0 Å². The molecule has 1 saturated carbocycles. The van der Waals surface area contributed by atoms with Crippen molar-refractivity contribution in [1.82, 2.24) is 0 Å². The van der Waals surface area contributed by atoms with Gasteiger partial charge >= 0.3 is 0 Å². The Morgan fingerprint density at radius 3 is 2.90 bits per heavy atom. The summed E-state index contributed by atoms with van der Waals surface area (Å²) in [5.74, 6) is 0.440. The van der Waals surface area contributed by atoms with Crippen LogP contribution >= 0.6 is 11.3 Å². The Morgan fingerprint density at radius 1 is 1.30 bits per heavy atom. The minimum atomic E-state index is -0.205. The van der Waals surface area contributed by atoms with Crippen molar-refractivity contribution in [2.75, 3.05) is 0 Å². The van der Waals surface area contributed by atoms with Crippen LogP contribution in [0, 0.1) is 11.3 Å². The molecule has 0 spiro atoms. The lowest BCUT2D eigenvalue weighted by Crippen LogP contribution is -2.37. The van der Waals surface area contributed by atoms with Gasteiger partial charge in [0.2, 0.25) is 0 Å². The molecule has 1 nitrogen and oxygen atoms in total. The van der Waals surface area contributed by atoms with E-state index < -0.39 is 0 Å². The van der Waals surface area contributed by atoms with Crippen LogP contribution in [0.15, 0.2) is 29.6 Å². The van der Waals surface area contributed by atoms with Crippen molar-refractivity contribution in [2.24, 2.45) is 11.3 Å². The van der Waals surface area contributed by atoms with Crippen molar-refractivity contribution in [3.8, 4) is 0 Å². The Bertz CT molecular complexity index is 584. The van der Waals surface area contributed by atoms with Gasteiger partial charge in [-0.3, -0.25) is 0 Å². The third-order valence-corrected chi connectivity index (χ3v) is 6.06. The second-order valence-corrected chi connectivity index (χ2v) is 7.78. The zero-order valence-electron chi connectivity index (χ0n) is 12.4. The number of hydrogen-bond acceptors (Lipinski definition) is 2. The third kappa shape index (κ3) is 2.64. The van der Waals surface area contributed by atoms with Crippen LogP contribution in [0.3, 0.4) is 0 Å². The van der Waals surface area contributed by atoms with Gasteiger partial charge in [-0.15, -0.1) is 11.3 Å². The highest BCUT2D eigenvalue weighted by atomic mass is 32.1. The summed E-state index contributed by atoms with van der Waals surface area (Å²) in [5.41, 5.74) is 1.60. The van der Waals surface area contributed by atoms with Gasteiger partial charge in [0.1, 0.15) is 0 Å². The van der Waals surface area contributed by atoms with Crippen molar-refractivity contribution in [3.05, 3.63) is 35.2 Å². The Kier molecular flexibility index (Phi) is 3.87. The highest BCUT2D eigenvalue weighted by Gasteiger charge is 2.36. The van der Waals surface area contributed by atoms with Crippen LogP contribution < -0.4 is 0 Å². The fourth-order valence-electron chi connectivity index (χ4n) is 3.79. The molecule has 2 heteroatoms. The van der Waals surface area contributed by atoms with Crippen LogP contribution in [0.2, 0.25) is 0 Å². The summed E-state index contributed by atoms with van der Waals surface area (Å²) in [6, 6.07) is 8.53. The molecule has 1 aliphatic rings. The smallest absolute Gasteiger partial charge is 0.0614 e. The van der Waals surface area contributed by atoms with Gasteiger partial charge in [-0.05, 0) is 46.6 Å². The molecule has 20 heavy (non-hydrogen) atoms. The molecule has 1 aromatic carbocycles. The first-order valence-corrected chi connectivity index (χ1v) is 8.59. The van der Waals surface area contributed by atoms with E-state index in [1.807, 2.05) is 0 Å². The molecule has 2 atom stereocenters. The molecule has 2 aromatic rings. The Morgan fingerprint density at radius 2 is 2.10 bits per heavy atom. The number of fused-ring (bicyclic) bond motifs is 1. The number of benzene rings is 1. The molecule has 1 aromatic heterocycles. The number of aliphatic hydroxyl groups is 1. The van der Waals surface area contributed by atoms with Crippen molar-refractivity contribution in [1.29, 1.82) is 0 Å². The molecule has 1 aliphatic carbocycles. The Balaban J connectivity index is 1.80. The molecule has 2 unspecified atom stereocenters. The Hall–Kier alpha value is -0.860. The van der Waals surface area contributed by atoms with Gasteiger partial charge in [0.15, 0.2) is 0 Å². The third-order valence-electron chi connectivity index (χ3n) is 5.04. The first-order valence-electron chi connectivity index (χ1n) is 7.71. The average Bonchev–Trinajstić information content (AvgIpc) is 2.81. The second kappa shape index (κ2) is 5.50. The number of rotatable bonds is 3. The fourth-order valence-corrected chi connectivity index (χ4v) is 4.77. The zero-order chi connectivity index (χ0) is 14.2. The van der Waals surface area contributed by atoms with E-state index >= 15 is 0 Å². The standard InChI is InChI=1S/C18H24OS/c1-18(2)10-6-5-8-15(18)16(19)11-13-12-20-17-9-4-3-7-14(13)17/h3-4,7,9,12,15-16,19H,5-6,8,10-11H2,1-2H3. The molecule has 3 rings (SSSR count). The molecule has 0 aliphatic heterocycles. The number of thiophene rings is 1. The first kappa shape index (κ1) is 14.1. The zero-order valence-corrected chi connectivity index (χ0v) is 13.2. The number of aliphatic hydroxyl groups excluding tert-OH is 1. The quantitative estimate of drug-likeness (QED) is 0.840. The van der Waals surface area contributed by atoms with Gasteiger partial charge in [-0.2, -0.15) is 0 Å². The summed E-state index contributed by atoms with van der Waals surface area (Å²) in [6.07, 6.45) is 5.61. The predicted molar refractivity (Wildman–Crippen MR) is 87.3 cm³/mol. The van der Waals surface area contributed by atoms with Crippen LogP contribution in [0.4, 0.5) is 0 Å². The molecule has 1 fully saturated rings. The summed E-state index contributed by atoms with van der Waals surface area (Å²) in [7, 11) is 0. The van der Waals surface area contributed by atoms with E-state index in [9.17, 15) is 5.11 Å². The summed E-state index contributed by atoms with van der Waals surface area (Å²) in [5, 5.41) is 14.3. The molecule has 0 amide bonds. The monoisotopic (exact) mass is 288 g/mol. The Labute approximate surface area is 125 Å². The molecular weight excluding hydrogens is 264 g/mol. The van der Waals surface area contributed by atoms with Gasteiger partial charge in [0, 0.05) is 11.1 Å². The van der Waals surface area contributed by atoms with Crippen LogP contribution in [-0.2, 0) is 6.42 Å². The first-order chi connectivity index (χ1) is 9.58. The summed E-state index contributed by atoms with van der Waals surface area (Å²) in [4.78, 5) is 0. The highest BCUT2D eigenvalue weighted by Crippen LogP contribution is 2.43. The minimum Gasteiger partial charge on any atom is -0.392 e. The van der Waals surface area contributed by atoms with Gasteiger partial charge < -0.3 is 5.11 Å². The van der Waals surface area contributed by atoms with E-state index in [0.717, 1.165) is 6.42 Å².